The van der Waals surface area contributed by atoms with Crippen LogP contribution in [0.5, 0.6) is 0 Å². The van der Waals surface area contributed by atoms with Gasteiger partial charge >= 0.3 is 0 Å². The van der Waals surface area contributed by atoms with Crippen molar-refractivity contribution in [2.75, 3.05) is 12.0 Å². The van der Waals surface area contributed by atoms with E-state index in [4.69, 9.17) is 5.84 Å². The van der Waals surface area contributed by atoms with E-state index >= 15 is 0 Å². The molecule has 1 atom stereocenters. The van der Waals surface area contributed by atoms with Crippen molar-refractivity contribution >= 4 is 41.9 Å². The van der Waals surface area contributed by atoms with Crippen molar-refractivity contribution in [3.63, 3.8) is 0 Å². The summed E-state index contributed by atoms with van der Waals surface area (Å²) in [5.41, 5.74) is 2.69. The predicted molar refractivity (Wildman–Crippen MR) is 74.1 cm³/mol. The summed E-state index contributed by atoms with van der Waals surface area (Å²) in [4.78, 5) is 1.10. The Morgan fingerprint density at radius 1 is 1.47 bits per heavy atom. The van der Waals surface area contributed by atoms with Gasteiger partial charge in [0.15, 0.2) is 0 Å². The van der Waals surface area contributed by atoms with Crippen molar-refractivity contribution in [1.82, 2.24) is 5.43 Å². The molecule has 0 aromatic carbocycles. The number of fused-ring (bicyclic) bond motifs is 1. The third-order valence-electron chi connectivity index (χ3n) is 2.48. The van der Waals surface area contributed by atoms with Crippen LogP contribution in [0.3, 0.4) is 0 Å². The smallest absolute Gasteiger partial charge is 0.147 e. The molecular weight excluding hydrogens is 276 g/mol. The first-order valence-corrected chi connectivity index (χ1v) is 8.86. The minimum absolute atomic E-state index is 0.0886. The lowest BCUT2D eigenvalue weighted by atomic mass is 10.2. The van der Waals surface area contributed by atoms with Crippen LogP contribution < -0.4 is 11.3 Å². The van der Waals surface area contributed by atoms with Crippen LogP contribution in [0.15, 0.2) is 17.5 Å². The summed E-state index contributed by atoms with van der Waals surface area (Å²) in [5.74, 6) is 5.64. The number of thiophene rings is 2. The average molecular weight is 290 g/mol. The molecule has 0 aliphatic heterocycles. The normalized spacial score (nSPS) is 14.2. The third-order valence-corrected chi connectivity index (χ3v) is 5.66. The molecule has 0 spiro atoms. The fourth-order valence-electron chi connectivity index (χ4n) is 1.60. The number of rotatable bonds is 5. The predicted octanol–water partition coefficient (Wildman–Crippen LogP) is 1.90. The Bertz CT molecular complexity index is 571. The first-order valence-electron chi connectivity index (χ1n) is 5.10. The zero-order valence-corrected chi connectivity index (χ0v) is 11.8. The monoisotopic (exact) mass is 290 g/mol. The lowest BCUT2D eigenvalue weighted by Gasteiger charge is -2.12. The fourth-order valence-corrected chi connectivity index (χ4v) is 4.47. The van der Waals surface area contributed by atoms with Gasteiger partial charge in [0, 0.05) is 20.5 Å². The van der Waals surface area contributed by atoms with Crippen molar-refractivity contribution in [3.8, 4) is 0 Å². The summed E-state index contributed by atoms with van der Waals surface area (Å²) in [5, 5.41) is 2.05. The summed E-state index contributed by atoms with van der Waals surface area (Å²) in [6.45, 7) is 0. The Kier molecular flexibility index (Phi) is 3.84. The van der Waals surface area contributed by atoms with Gasteiger partial charge in [0.2, 0.25) is 0 Å². The number of hydrogen-bond donors (Lipinski definition) is 2. The highest BCUT2D eigenvalue weighted by atomic mass is 32.2. The molecule has 2 heterocycles. The molecule has 2 aromatic heterocycles. The summed E-state index contributed by atoms with van der Waals surface area (Å²) in [6, 6.07) is 4.06. The maximum atomic E-state index is 11.1. The number of nitrogens with one attached hydrogen (secondary N) is 1. The van der Waals surface area contributed by atoms with E-state index in [-0.39, 0.29) is 11.8 Å². The second kappa shape index (κ2) is 5.03. The zero-order chi connectivity index (χ0) is 12.5. The molecule has 0 radical (unpaired) electrons. The molecule has 0 aliphatic rings. The van der Waals surface area contributed by atoms with Crippen LogP contribution in [-0.2, 0) is 9.84 Å². The number of sulfone groups is 1. The van der Waals surface area contributed by atoms with E-state index < -0.39 is 9.84 Å². The average Bonchev–Trinajstić information content (AvgIpc) is 2.76. The van der Waals surface area contributed by atoms with E-state index in [2.05, 4.69) is 17.6 Å². The number of hydrogen-bond acceptors (Lipinski definition) is 6. The van der Waals surface area contributed by atoms with Crippen LogP contribution in [0.25, 0.3) is 9.40 Å². The van der Waals surface area contributed by atoms with Gasteiger partial charge in [-0.1, -0.05) is 0 Å². The van der Waals surface area contributed by atoms with Crippen molar-refractivity contribution in [1.29, 1.82) is 0 Å². The summed E-state index contributed by atoms with van der Waals surface area (Å²) < 4.78 is 24.7. The minimum Gasteiger partial charge on any atom is -0.271 e. The Balaban J connectivity index is 2.15. The van der Waals surface area contributed by atoms with Gasteiger partial charge in [0.25, 0.3) is 0 Å². The molecule has 2 rings (SSSR count). The van der Waals surface area contributed by atoms with Crippen LogP contribution in [0, 0.1) is 0 Å². The molecule has 2 aromatic rings. The second-order valence-corrected chi connectivity index (χ2v) is 8.26. The SMILES string of the molecule is CS(=O)(=O)CCC(NN)c1cc2sccc2s1. The van der Waals surface area contributed by atoms with E-state index in [0.717, 1.165) is 4.88 Å². The lowest BCUT2D eigenvalue weighted by Crippen LogP contribution is -2.28. The Hall–Kier alpha value is -0.470. The highest BCUT2D eigenvalue weighted by Crippen LogP contribution is 2.34. The largest absolute Gasteiger partial charge is 0.271 e. The highest BCUT2D eigenvalue weighted by Gasteiger charge is 2.16. The van der Waals surface area contributed by atoms with Crippen LogP contribution in [-0.4, -0.2) is 20.4 Å². The second-order valence-electron chi connectivity index (χ2n) is 3.94. The van der Waals surface area contributed by atoms with Gasteiger partial charge in [0.1, 0.15) is 9.84 Å². The molecular formula is C10H14N2O2S3. The molecule has 4 nitrogen and oxygen atoms in total. The number of nitrogens with two attached hydrogens (primary N) is 1. The molecule has 17 heavy (non-hydrogen) atoms. The Labute approximate surface area is 108 Å². The first-order chi connectivity index (χ1) is 7.99. The summed E-state index contributed by atoms with van der Waals surface area (Å²) >= 11 is 3.34. The van der Waals surface area contributed by atoms with Gasteiger partial charge in [0.05, 0.1) is 11.8 Å². The first kappa shape index (κ1) is 13.0. The molecule has 1 unspecified atom stereocenters. The van der Waals surface area contributed by atoms with Gasteiger partial charge in [-0.25, -0.2) is 8.42 Å². The van der Waals surface area contributed by atoms with Gasteiger partial charge < -0.3 is 0 Å². The lowest BCUT2D eigenvalue weighted by molar-refractivity contribution is 0.538. The maximum Gasteiger partial charge on any atom is 0.147 e. The molecule has 94 valence electrons. The molecule has 7 heteroatoms. The molecule has 0 aliphatic carbocycles. The quantitative estimate of drug-likeness (QED) is 0.651. The van der Waals surface area contributed by atoms with E-state index in [1.54, 1.807) is 22.7 Å². The van der Waals surface area contributed by atoms with E-state index in [1.165, 1.54) is 15.7 Å². The molecule has 3 N–H and O–H groups in total. The van der Waals surface area contributed by atoms with E-state index in [0.29, 0.717) is 6.42 Å². The maximum absolute atomic E-state index is 11.1. The standard InChI is InChI=1S/C10H14N2O2S3/c1-17(13,14)5-3-7(12-11)9-6-10-8(16-9)2-4-15-10/h2,4,6-7,12H,3,5,11H2,1H3. The molecule has 0 saturated carbocycles. The fraction of sp³-hybridized carbons (Fsp3) is 0.400. The zero-order valence-electron chi connectivity index (χ0n) is 9.34. The summed E-state index contributed by atoms with van der Waals surface area (Å²) in [6.07, 6.45) is 1.75. The van der Waals surface area contributed by atoms with Crippen molar-refractivity contribution < 1.29 is 8.42 Å². The number of hydrazine groups is 1. The van der Waals surface area contributed by atoms with Crippen molar-refractivity contribution in [3.05, 3.63) is 22.4 Å². The molecule has 0 saturated heterocycles. The van der Waals surface area contributed by atoms with E-state index in [9.17, 15) is 8.42 Å². The minimum atomic E-state index is -2.94. The Morgan fingerprint density at radius 2 is 2.24 bits per heavy atom. The van der Waals surface area contributed by atoms with Crippen molar-refractivity contribution in [2.24, 2.45) is 5.84 Å². The van der Waals surface area contributed by atoms with Crippen LogP contribution >= 0.6 is 22.7 Å². The van der Waals surface area contributed by atoms with Crippen LogP contribution in [0.1, 0.15) is 17.3 Å². The van der Waals surface area contributed by atoms with Gasteiger partial charge in [-0.3, -0.25) is 11.3 Å². The topological polar surface area (TPSA) is 72.2 Å². The highest BCUT2D eigenvalue weighted by molar-refractivity contribution is 7.90. The molecule has 0 amide bonds. The van der Waals surface area contributed by atoms with Crippen LogP contribution in [0.4, 0.5) is 0 Å². The summed E-state index contributed by atoms with van der Waals surface area (Å²) in [7, 11) is -2.94. The van der Waals surface area contributed by atoms with Crippen molar-refractivity contribution in [2.45, 2.75) is 12.5 Å². The van der Waals surface area contributed by atoms with Gasteiger partial charge in [-0.2, -0.15) is 0 Å². The van der Waals surface area contributed by atoms with Gasteiger partial charge in [-0.05, 0) is 23.9 Å². The van der Waals surface area contributed by atoms with E-state index in [1.807, 2.05) is 5.38 Å². The van der Waals surface area contributed by atoms with Crippen LogP contribution in [0.2, 0.25) is 0 Å². The molecule has 0 fully saturated rings. The third kappa shape index (κ3) is 3.26. The Morgan fingerprint density at radius 3 is 2.82 bits per heavy atom. The van der Waals surface area contributed by atoms with Gasteiger partial charge in [-0.15, -0.1) is 22.7 Å². The molecule has 0 bridgehead atoms.